The molecule has 2 rings (SSSR count). The Hall–Kier alpha value is -0.510. The molecule has 0 aliphatic heterocycles. The number of nitrogens with zero attached hydrogens (tertiary/aromatic N) is 1. The van der Waals surface area contributed by atoms with Crippen molar-refractivity contribution < 1.29 is 0 Å². The molecule has 0 amide bonds. The lowest BCUT2D eigenvalue weighted by molar-refractivity contribution is 0.156. The predicted octanol–water partition coefficient (Wildman–Crippen LogP) is 2.87. The van der Waals surface area contributed by atoms with E-state index in [2.05, 4.69) is 13.0 Å². The normalized spacial score (nSPS) is 40.0. The largest absolute Gasteiger partial charge is 0.198 e. The molecular weight excluding hydrogens is 134 g/mol. The molecule has 1 nitrogen and oxygen atoms in total. The zero-order valence-corrected chi connectivity index (χ0v) is 7.19. The SMILES string of the molecule is C[C@]1(C#N)CCCCC12CC2. The van der Waals surface area contributed by atoms with Gasteiger partial charge >= 0.3 is 0 Å². The minimum Gasteiger partial charge on any atom is -0.198 e. The Morgan fingerprint density at radius 2 is 1.73 bits per heavy atom. The summed E-state index contributed by atoms with van der Waals surface area (Å²) in [5.41, 5.74) is 0.505. The van der Waals surface area contributed by atoms with Crippen molar-refractivity contribution in [1.29, 1.82) is 5.26 Å². The van der Waals surface area contributed by atoms with E-state index in [1.54, 1.807) is 0 Å². The summed E-state index contributed by atoms with van der Waals surface area (Å²) in [4.78, 5) is 0. The summed E-state index contributed by atoms with van der Waals surface area (Å²) in [6, 6.07) is 2.53. The topological polar surface area (TPSA) is 23.8 Å². The highest BCUT2D eigenvalue weighted by molar-refractivity contribution is 5.15. The lowest BCUT2D eigenvalue weighted by atomic mass is 9.66. The van der Waals surface area contributed by atoms with Crippen molar-refractivity contribution >= 4 is 0 Å². The van der Waals surface area contributed by atoms with Crippen molar-refractivity contribution in [3.63, 3.8) is 0 Å². The third kappa shape index (κ3) is 0.819. The van der Waals surface area contributed by atoms with Crippen LogP contribution in [0.25, 0.3) is 0 Å². The van der Waals surface area contributed by atoms with Crippen LogP contribution in [-0.4, -0.2) is 0 Å². The first-order chi connectivity index (χ1) is 5.22. The molecule has 2 aliphatic carbocycles. The van der Waals surface area contributed by atoms with E-state index in [1.807, 2.05) is 0 Å². The summed E-state index contributed by atoms with van der Waals surface area (Å²) >= 11 is 0. The molecule has 0 radical (unpaired) electrons. The Bertz CT molecular complexity index is 209. The van der Waals surface area contributed by atoms with Gasteiger partial charge in [0.05, 0.1) is 11.5 Å². The molecule has 2 fully saturated rings. The molecule has 0 aromatic heterocycles. The van der Waals surface area contributed by atoms with Gasteiger partial charge in [-0.1, -0.05) is 12.8 Å². The number of hydrogen-bond acceptors (Lipinski definition) is 1. The average molecular weight is 149 g/mol. The van der Waals surface area contributed by atoms with Gasteiger partial charge in [0.1, 0.15) is 0 Å². The van der Waals surface area contributed by atoms with Gasteiger partial charge in [-0.3, -0.25) is 0 Å². The summed E-state index contributed by atoms with van der Waals surface area (Å²) in [5.74, 6) is 0. The third-order valence-electron chi connectivity index (χ3n) is 3.85. The summed E-state index contributed by atoms with van der Waals surface area (Å²) < 4.78 is 0. The van der Waals surface area contributed by atoms with Gasteiger partial charge in [0.15, 0.2) is 0 Å². The lowest BCUT2D eigenvalue weighted by Crippen LogP contribution is -2.30. The molecule has 60 valence electrons. The second-order valence-corrected chi connectivity index (χ2v) is 4.43. The molecule has 0 unspecified atom stereocenters. The molecule has 11 heavy (non-hydrogen) atoms. The Morgan fingerprint density at radius 3 is 2.18 bits per heavy atom. The van der Waals surface area contributed by atoms with Crippen molar-refractivity contribution in [2.24, 2.45) is 10.8 Å². The molecule has 0 N–H and O–H groups in total. The van der Waals surface area contributed by atoms with Crippen LogP contribution in [0.15, 0.2) is 0 Å². The molecule has 0 heterocycles. The number of hydrogen-bond donors (Lipinski definition) is 0. The molecule has 2 saturated carbocycles. The maximum atomic E-state index is 9.08. The Morgan fingerprint density at radius 1 is 1.09 bits per heavy atom. The van der Waals surface area contributed by atoms with Gasteiger partial charge in [-0.05, 0) is 38.0 Å². The van der Waals surface area contributed by atoms with Crippen molar-refractivity contribution in [3.05, 3.63) is 0 Å². The highest BCUT2D eigenvalue weighted by Crippen LogP contribution is 2.65. The van der Waals surface area contributed by atoms with Gasteiger partial charge in [0.25, 0.3) is 0 Å². The van der Waals surface area contributed by atoms with Crippen LogP contribution in [0.2, 0.25) is 0 Å². The van der Waals surface area contributed by atoms with Crippen molar-refractivity contribution in [2.75, 3.05) is 0 Å². The van der Waals surface area contributed by atoms with E-state index in [9.17, 15) is 0 Å². The quantitative estimate of drug-likeness (QED) is 0.519. The van der Waals surface area contributed by atoms with Crippen LogP contribution < -0.4 is 0 Å². The summed E-state index contributed by atoms with van der Waals surface area (Å²) in [6.07, 6.45) is 7.72. The highest BCUT2D eigenvalue weighted by Gasteiger charge is 2.57. The van der Waals surface area contributed by atoms with Crippen LogP contribution in [0.5, 0.6) is 0 Å². The van der Waals surface area contributed by atoms with Crippen LogP contribution in [0.4, 0.5) is 0 Å². The van der Waals surface area contributed by atoms with Crippen molar-refractivity contribution in [2.45, 2.75) is 45.4 Å². The fraction of sp³-hybridized carbons (Fsp3) is 0.900. The van der Waals surface area contributed by atoms with Gasteiger partial charge < -0.3 is 0 Å². The van der Waals surface area contributed by atoms with Gasteiger partial charge in [0, 0.05) is 0 Å². The minimum absolute atomic E-state index is 0.0330. The molecule has 1 spiro atoms. The van der Waals surface area contributed by atoms with Gasteiger partial charge in [0.2, 0.25) is 0 Å². The molecular formula is C10H15N. The minimum atomic E-state index is 0.0330. The Kier molecular flexibility index (Phi) is 1.30. The maximum Gasteiger partial charge on any atom is 0.0692 e. The fourth-order valence-electron chi connectivity index (χ4n) is 2.61. The number of rotatable bonds is 0. The van der Waals surface area contributed by atoms with Gasteiger partial charge in [-0.2, -0.15) is 5.26 Å². The molecule has 0 aromatic rings. The molecule has 0 bridgehead atoms. The zero-order valence-electron chi connectivity index (χ0n) is 7.19. The van der Waals surface area contributed by atoms with E-state index < -0.39 is 0 Å². The fourth-order valence-corrected chi connectivity index (χ4v) is 2.61. The molecule has 0 saturated heterocycles. The molecule has 1 heteroatoms. The first-order valence-corrected chi connectivity index (χ1v) is 4.64. The highest BCUT2D eigenvalue weighted by atomic mass is 14.6. The second kappa shape index (κ2) is 2.00. The molecule has 1 atom stereocenters. The third-order valence-corrected chi connectivity index (χ3v) is 3.85. The lowest BCUT2D eigenvalue weighted by Gasteiger charge is -2.36. The van der Waals surface area contributed by atoms with Crippen molar-refractivity contribution in [1.82, 2.24) is 0 Å². The molecule has 2 aliphatic rings. The second-order valence-electron chi connectivity index (χ2n) is 4.43. The van der Waals surface area contributed by atoms with Crippen LogP contribution in [0.1, 0.15) is 45.4 Å². The Balaban J connectivity index is 2.24. The standard InChI is InChI=1S/C10H15N/c1-9(8-11)4-2-3-5-10(9)6-7-10/h2-7H2,1H3/t9-/m1/s1. The summed E-state index contributed by atoms with van der Waals surface area (Å²) in [7, 11) is 0. The monoisotopic (exact) mass is 149 g/mol. The number of nitriles is 1. The van der Waals surface area contributed by atoms with E-state index in [0.717, 1.165) is 6.42 Å². The van der Waals surface area contributed by atoms with Crippen LogP contribution >= 0.6 is 0 Å². The Labute approximate surface area is 68.4 Å². The van der Waals surface area contributed by atoms with Gasteiger partial charge in [-0.15, -0.1) is 0 Å². The van der Waals surface area contributed by atoms with E-state index in [0.29, 0.717) is 5.41 Å². The van der Waals surface area contributed by atoms with E-state index in [-0.39, 0.29) is 5.41 Å². The summed E-state index contributed by atoms with van der Waals surface area (Å²) in [6.45, 7) is 2.17. The zero-order chi connectivity index (χ0) is 7.95. The van der Waals surface area contributed by atoms with Crippen LogP contribution in [0, 0.1) is 22.2 Å². The first-order valence-electron chi connectivity index (χ1n) is 4.64. The maximum absolute atomic E-state index is 9.08. The average Bonchev–Trinajstić information content (AvgIpc) is 2.78. The predicted molar refractivity (Wildman–Crippen MR) is 43.9 cm³/mol. The van der Waals surface area contributed by atoms with E-state index in [1.165, 1.54) is 32.1 Å². The van der Waals surface area contributed by atoms with Crippen molar-refractivity contribution in [3.8, 4) is 6.07 Å². The van der Waals surface area contributed by atoms with Gasteiger partial charge in [-0.25, -0.2) is 0 Å². The molecule has 0 aromatic carbocycles. The van der Waals surface area contributed by atoms with Crippen LogP contribution in [0.3, 0.4) is 0 Å². The van der Waals surface area contributed by atoms with E-state index in [4.69, 9.17) is 5.26 Å². The van der Waals surface area contributed by atoms with Crippen LogP contribution in [-0.2, 0) is 0 Å². The smallest absolute Gasteiger partial charge is 0.0692 e. The first kappa shape index (κ1) is 7.16. The summed E-state index contributed by atoms with van der Waals surface area (Å²) in [5, 5.41) is 9.08. The van der Waals surface area contributed by atoms with E-state index >= 15 is 0 Å².